The minimum absolute atomic E-state index is 0.0760. The Kier molecular flexibility index (Phi) is 8.36. The fourth-order valence-corrected chi connectivity index (χ4v) is 5.35. The Balaban J connectivity index is 2.14. The van der Waals surface area contributed by atoms with E-state index in [0.29, 0.717) is 18.6 Å². The average molecular weight is 445 g/mol. The lowest BCUT2D eigenvalue weighted by atomic mass is 10.1. The van der Waals surface area contributed by atoms with Crippen LogP contribution < -0.4 is 9.46 Å². The highest BCUT2D eigenvalue weighted by Gasteiger charge is 2.32. The number of ether oxygens (including phenoxy) is 1. The van der Waals surface area contributed by atoms with Crippen LogP contribution >= 0.6 is 7.60 Å². The lowest BCUT2D eigenvalue weighted by molar-refractivity contribution is 0.347. The maximum atomic E-state index is 12.6. The Morgan fingerprint density at radius 2 is 1.55 bits per heavy atom. The van der Waals surface area contributed by atoms with E-state index in [-0.39, 0.29) is 17.7 Å². The van der Waals surface area contributed by atoms with Gasteiger partial charge in [-0.15, -0.1) is 0 Å². The van der Waals surface area contributed by atoms with Crippen LogP contribution in [0.2, 0.25) is 0 Å². The molecule has 2 aromatic carbocycles. The number of hydrogen-bond acceptors (Lipinski definition) is 4. The van der Waals surface area contributed by atoms with Crippen molar-refractivity contribution in [1.29, 1.82) is 0 Å². The van der Waals surface area contributed by atoms with E-state index in [1.807, 2.05) is 12.1 Å². The van der Waals surface area contributed by atoms with Crippen LogP contribution in [0.15, 0.2) is 53.4 Å². The highest BCUT2D eigenvalue weighted by molar-refractivity contribution is 7.89. The molecule has 0 aliphatic carbocycles. The van der Waals surface area contributed by atoms with Gasteiger partial charge in [0.25, 0.3) is 0 Å². The molecule has 0 fully saturated rings. The summed E-state index contributed by atoms with van der Waals surface area (Å²) < 4.78 is 56.2. The first-order valence-corrected chi connectivity index (χ1v) is 12.2. The maximum absolute atomic E-state index is 12.6. The van der Waals surface area contributed by atoms with Gasteiger partial charge >= 0.3 is 7.60 Å². The Hall–Kier alpha value is -1.77. The monoisotopic (exact) mass is 445 g/mol. The second-order valence-corrected chi connectivity index (χ2v) is 10.0. The Morgan fingerprint density at radius 1 is 1.00 bits per heavy atom. The molecule has 2 aromatic rings. The highest BCUT2D eigenvalue weighted by Crippen LogP contribution is 2.42. The van der Waals surface area contributed by atoms with E-state index in [2.05, 4.69) is 4.72 Å². The number of nitrogens with one attached hydrogen (secondary N) is 1. The lowest BCUT2D eigenvalue weighted by Crippen LogP contribution is -2.34. The zero-order chi connectivity index (χ0) is 21.5. The molecule has 0 spiro atoms. The summed E-state index contributed by atoms with van der Waals surface area (Å²) in [6, 6.07) is 13.2. The molecule has 0 aromatic heterocycles. The minimum Gasteiger partial charge on any atom is -0.497 e. The van der Waals surface area contributed by atoms with Crippen molar-refractivity contribution in [1.82, 2.24) is 4.72 Å². The molecule has 0 saturated carbocycles. The lowest BCUT2D eigenvalue weighted by Gasteiger charge is -2.20. The number of hydrogen-bond donors (Lipinski definition) is 3. The quantitative estimate of drug-likeness (QED) is 0.359. The van der Waals surface area contributed by atoms with Gasteiger partial charge in [-0.2, -0.15) is 4.72 Å². The van der Waals surface area contributed by atoms with Gasteiger partial charge in [0.1, 0.15) is 11.5 Å². The fraction of sp³-hybridized carbons (Fsp3) is 0.368. The van der Waals surface area contributed by atoms with Crippen molar-refractivity contribution in [2.75, 3.05) is 13.8 Å². The average Bonchev–Trinajstić information content (AvgIpc) is 2.69. The molecule has 0 amide bonds. The highest BCUT2D eigenvalue weighted by atomic mass is 32.2. The molecule has 29 heavy (non-hydrogen) atoms. The summed E-state index contributed by atoms with van der Waals surface area (Å²) in [5.41, 5.74) is 1.65. The topological polar surface area (TPSA) is 113 Å². The maximum Gasteiger partial charge on any atom is 0.343 e. The van der Waals surface area contributed by atoms with Gasteiger partial charge in [0, 0.05) is 0 Å². The summed E-state index contributed by atoms with van der Waals surface area (Å²) in [5, 5.41) is 0. The van der Waals surface area contributed by atoms with Crippen molar-refractivity contribution >= 4 is 17.6 Å². The van der Waals surface area contributed by atoms with Crippen LogP contribution in [0.1, 0.15) is 25.7 Å². The second-order valence-electron chi connectivity index (χ2n) is 6.52. The number of unbranched alkanes of at least 4 members (excludes halogenated alkanes) is 2. The largest absolute Gasteiger partial charge is 0.497 e. The van der Waals surface area contributed by atoms with Crippen molar-refractivity contribution in [2.24, 2.45) is 0 Å². The van der Waals surface area contributed by atoms with Gasteiger partial charge in [-0.05, 0) is 48.2 Å². The van der Waals surface area contributed by atoms with Gasteiger partial charge in [-0.1, -0.05) is 37.1 Å². The van der Waals surface area contributed by atoms with Crippen LogP contribution in [0, 0.1) is 0 Å². The molecule has 0 bridgehead atoms. The van der Waals surface area contributed by atoms with E-state index in [9.17, 15) is 27.2 Å². The Labute approximate surface area is 170 Å². The predicted molar refractivity (Wildman–Crippen MR) is 109 cm³/mol. The normalized spacial score (nSPS) is 13.2. The minimum atomic E-state index is -4.70. The van der Waals surface area contributed by atoms with E-state index in [0.717, 1.165) is 11.1 Å². The van der Waals surface area contributed by atoms with Crippen LogP contribution in [-0.4, -0.2) is 37.8 Å². The van der Waals surface area contributed by atoms with Gasteiger partial charge in [0.05, 0.1) is 18.7 Å². The molecule has 0 aliphatic heterocycles. The van der Waals surface area contributed by atoms with E-state index in [1.165, 1.54) is 12.1 Å². The van der Waals surface area contributed by atoms with Crippen molar-refractivity contribution < 1.29 is 31.9 Å². The van der Waals surface area contributed by atoms with Crippen molar-refractivity contribution in [3.05, 3.63) is 48.5 Å². The molecule has 160 valence electrons. The fourth-order valence-electron chi connectivity index (χ4n) is 2.76. The van der Waals surface area contributed by atoms with Crippen LogP contribution in [0.5, 0.6) is 5.75 Å². The second kappa shape index (κ2) is 10.3. The van der Waals surface area contributed by atoms with Gasteiger partial charge in [-0.3, -0.25) is 8.96 Å². The summed E-state index contributed by atoms with van der Waals surface area (Å²) in [6.45, 7) is -0.521. The third-order valence-electron chi connectivity index (χ3n) is 4.40. The number of methoxy groups -OCH3 is 1. The first-order chi connectivity index (χ1) is 13.7. The number of halogens is 1. The number of alkyl halides is 1. The zero-order valence-electron chi connectivity index (χ0n) is 16.0. The van der Waals surface area contributed by atoms with Crippen LogP contribution in [0.25, 0.3) is 11.1 Å². The summed E-state index contributed by atoms with van der Waals surface area (Å²) >= 11 is 0. The van der Waals surface area contributed by atoms with Gasteiger partial charge in [-0.25, -0.2) is 8.42 Å². The molecule has 10 heteroatoms. The zero-order valence-corrected chi connectivity index (χ0v) is 17.7. The molecule has 0 saturated heterocycles. The molecule has 0 unspecified atom stereocenters. The Bertz CT molecular complexity index is 928. The number of benzene rings is 2. The van der Waals surface area contributed by atoms with E-state index in [1.54, 1.807) is 31.4 Å². The molecule has 2 rings (SSSR count). The van der Waals surface area contributed by atoms with E-state index >= 15 is 0 Å². The van der Waals surface area contributed by atoms with Crippen LogP contribution in [0.3, 0.4) is 0 Å². The molecule has 3 N–H and O–H groups in total. The molecule has 0 aliphatic rings. The number of rotatable bonds is 11. The van der Waals surface area contributed by atoms with Crippen LogP contribution in [-0.2, 0) is 14.6 Å². The summed E-state index contributed by atoms with van der Waals surface area (Å²) in [5.74, 6) is -0.847. The first-order valence-electron chi connectivity index (χ1n) is 9.05. The molecule has 0 heterocycles. The van der Waals surface area contributed by atoms with Crippen LogP contribution in [0.4, 0.5) is 4.39 Å². The SMILES string of the molecule is COc1ccc(-c2ccc(S(=O)(=O)N[C@H](CCCCCF)P(=O)(O)O)cc2)cc1. The summed E-state index contributed by atoms with van der Waals surface area (Å²) in [7, 11) is -7.27. The number of sulfonamides is 1. The van der Waals surface area contributed by atoms with Gasteiger partial charge in [0.15, 0.2) is 0 Å². The summed E-state index contributed by atoms with van der Waals surface area (Å²) in [6.07, 6.45) is 0.921. The van der Waals surface area contributed by atoms with Crippen molar-refractivity contribution in [3.63, 3.8) is 0 Å². The molecular formula is C19H25FNO6PS. The smallest absolute Gasteiger partial charge is 0.343 e. The molecule has 7 nitrogen and oxygen atoms in total. The molecule has 0 radical (unpaired) electrons. The summed E-state index contributed by atoms with van der Waals surface area (Å²) in [4.78, 5) is 18.9. The molecule has 1 atom stereocenters. The predicted octanol–water partition coefficient (Wildman–Crippen LogP) is 3.67. The van der Waals surface area contributed by atoms with Gasteiger partial charge in [0.2, 0.25) is 10.0 Å². The molecular weight excluding hydrogens is 420 g/mol. The van der Waals surface area contributed by atoms with E-state index < -0.39 is 30.1 Å². The van der Waals surface area contributed by atoms with E-state index in [4.69, 9.17) is 4.74 Å². The third kappa shape index (κ3) is 6.90. The third-order valence-corrected chi connectivity index (χ3v) is 7.26. The van der Waals surface area contributed by atoms with Crippen molar-refractivity contribution in [3.8, 4) is 16.9 Å². The van der Waals surface area contributed by atoms with Crippen molar-refractivity contribution in [2.45, 2.75) is 36.4 Å². The van der Waals surface area contributed by atoms with Gasteiger partial charge < -0.3 is 14.5 Å². The first kappa shape index (κ1) is 23.5. The Morgan fingerprint density at radius 3 is 2.03 bits per heavy atom. The standard InChI is InChI=1S/C19H25FNO6PS/c1-27-17-10-6-15(7-11-17)16-8-12-18(13-9-16)29(25,26)21-19(28(22,23)24)5-3-2-4-14-20/h6-13,19,21H,2-5,14H2,1H3,(H2,22,23,24)/t19-/m0/s1.